The van der Waals surface area contributed by atoms with E-state index in [1.165, 1.54) is 0 Å². The van der Waals surface area contributed by atoms with E-state index in [9.17, 15) is 9.59 Å². The summed E-state index contributed by atoms with van der Waals surface area (Å²) in [6.07, 6.45) is 4.38. The van der Waals surface area contributed by atoms with E-state index in [-0.39, 0.29) is 22.5 Å². The minimum atomic E-state index is -0.313. The minimum absolute atomic E-state index is 0.111. The van der Waals surface area contributed by atoms with Crippen LogP contribution in [0.2, 0.25) is 5.02 Å². The highest BCUT2D eigenvalue weighted by Gasteiger charge is 2.66. The fourth-order valence-corrected chi connectivity index (χ4v) is 5.98. The number of imidazole rings is 1. The minimum Gasteiger partial charge on any atom is -0.487 e. The highest BCUT2D eigenvalue weighted by molar-refractivity contribution is 6.30. The Kier molecular flexibility index (Phi) is 4.19. The van der Waals surface area contributed by atoms with Crippen LogP contribution in [0.4, 0.5) is 0 Å². The van der Waals surface area contributed by atoms with E-state index in [0.29, 0.717) is 42.0 Å². The molecule has 1 saturated carbocycles. The van der Waals surface area contributed by atoms with Crippen molar-refractivity contribution in [2.75, 3.05) is 13.1 Å². The quantitative estimate of drug-likeness (QED) is 0.594. The second kappa shape index (κ2) is 6.73. The third kappa shape index (κ3) is 2.98. The van der Waals surface area contributed by atoms with Gasteiger partial charge in [0.2, 0.25) is 0 Å². The molecule has 2 aliphatic heterocycles. The van der Waals surface area contributed by atoms with Gasteiger partial charge in [0.15, 0.2) is 0 Å². The first kappa shape index (κ1) is 20.5. The molecule has 2 unspecified atom stereocenters. The van der Waals surface area contributed by atoms with Crippen LogP contribution >= 0.6 is 11.6 Å². The molecule has 1 aromatic carbocycles. The van der Waals surface area contributed by atoms with E-state index in [1.807, 2.05) is 36.2 Å². The first-order valence-electron chi connectivity index (χ1n) is 11.2. The lowest BCUT2D eigenvalue weighted by Crippen LogP contribution is -2.50. The van der Waals surface area contributed by atoms with Gasteiger partial charge in [-0.15, -0.1) is 0 Å². The maximum absolute atomic E-state index is 13.5. The number of hydrogen-bond donors (Lipinski definition) is 0. The number of benzene rings is 1. The van der Waals surface area contributed by atoms with Crippen molar-refractivity contribution in [3.8, 4) is 11.4 Å². The zero-order valence-electron chi connectivity index (χ0n) is 18.8. The molecule has 0 radical (unpaired) electrons. The summed E-state index contributed by atoms with van der Waals surface area (Å²) in [7, 11) is 0. The lowest BCUT2D eigenvalue weighted by molar-refractivity contribution is 0.0465. The monoisotopic (exact) mass is 464 g/mol. The average molecular weight is 465 g/mol. The molecule has 3 aliphatic rings. The largest absolute Gasteiger partial charge is 0.487 e. The van der Waals surface area contributed by atoms with Gasteiger partial charge >= 0.3 is 0 Å². The predicted molar refractivity (Wildman–Crippen MR) is 124 cm³/mol. The van der Waals surface area contributed by atoms with Crippen LogP contribution in [0, 0.1) is 12.8 Å². The summed E-state index contributed by atoms with van der Waals surface area (Å²) in [5.74, 6) is 1.04. The normalized spacial score (nSPS) is 24.5. The second-order valence-electron chi connectivity index (χ2n) is 9.97. The Hall–Kier alpha value is -3.06. The van der Waals surface area contributed by atoms with Crippen LogP contribution in [0.3, 0.4) is 0 Å². The van der Waals surface area contributed by atoms with Crippen LogP contribution in [0.15, 0.2) is 47.7 Å². The molecule has 0 saturated heterocycles. The van der Waals surface area contributed by atoms with E-state index in [1.54, 1.807) is 27.6 Å². The molecule has 3 aromatic rings. The topological polar surface area (TPSA) is 69.4 Å². The third-order valence-corrected chi connectivity index (χ3v) is 7.72. The van der Waals surface area contributed by atoms with Crippen molar-refractivity contribution in [3.05, 3.63) is 75.2 Å². The fourth-order valence-electron chi connectivity index (χ4n) is 5.81. The van der Waals surface area contributed by atoms with E-state index in [0.717, 1.165) is 23.4 Å². The van der Waals surface area contributed by atoms with E-state index in [4.69, 9.17) is 16.3 Å². The van der Waals surface area contributed by atoms with Crippen molar-refractivity contribution in [2.24, 2.45) is 5.92 Å². The molecule has 2 aromatic heterocycles. The number of nitrogens with zero attached hydrogens (tertiary/aromatic N) is 4. The summed E-state index contributed by atoms with van der Waals surface area (Å²) < 4.78 is 9.58. The smallest absolute Gasteiger partial charge is 0.275 e. The Bertz CT molecular complexity index is 1370. The molecule has 0 bridgehead atoms. The van der Waals surface area contributed by atoms with Crippen molar-refractivity contribution in [3.63, 3.8) is 0 Å². The first-order chi connectivity index (χ1) is 15.7. The molecule has 1 aliphatic carbocycles. The average Bonchev–Trinajstić information content (AvgIpc) is 3.38. The molecule has 1 amide bonds. The molecule has 0 spiro atoms. The zero-order valence-corrected chi connectivity index (χ0v) is 19.6. The van der Waals surface area contributed by atoms with Crippen LogP contribution in [-0.2, 0) is 12.0 Å². The number of pyridine rings is 1. The molecule has 2 atom stereocenters. The van der Waals surface area contributed by atoms with Crippen molar-refractivity contribution < 1.29 is 9.53 Å². The van der Waals surface area contributed by atoms with Gasteiger partial charge in [-0.1, -0.05) is 11.6 Å². The Morgan fingerprint density at radius 3 is 2.76 bits per heavy atom. The van der Waals surface area contributed by atoms with Gasteiger partial charge in [0.1, 0.15) is 22.7 Å². The van der Waals surface area contributed by atoms with Crippen LogP contribution in [-0.4, -0.2) is 43.6 Å². The number of fused-ring (bicyclic) bond motifs is 4. The van der Waals surface area contributed by atoms with Crippen molar-refractivity contribution in [1.82, 2.24) is 19.0 Å². The molecule has 1 fully saturated rings. The van der Waals surface area contributed by atoms with Crippen LogP contribution in [0.1, 0.15) is 42.0 Å². The summed E-state index contributed by atoms with van der Waals surface area (Å²) in [6.45, 7) is 7.65. The second-order valence-corrected chi connectivity index (χ2v) is 10.4. The summed E-state index contributed by atoms with van der Waals surface area (Å²) in [6, 6.07) is 9.23. The third-order valence-electron chi connectivity index (χ3n) is 7.48. The van der Waals surface area contributed by atoms with Gasteiger partial charge in [-0.3, -0.25) is 9.59 Å². The number of aromatic nitrogens is 3. The van der Waals surface area contributed by atoms with Gasteiger partial charge in [-0.2, -0.15) is 0 Å². The number of carbonyl (C=O) groups is 1. The number of hydrogen-bond acceptors (Lipinski definition) is 4. The lowest BCUT2D eigenvalue weighted by Gasteiger charge is -2.40. The van der Waals surface area contributed by atoms with Gasteiger partial charge in [-0.05, 0) is 57.5 Å². The fraction of sp³-hybridized carbons (Fsp3) is 0.400. The van der Waals surface area contributed by atoms with Gasteiger partial charge in [-0.25, -0.2) is 4.98 Å². The van der Waals surface area contributed by atoms with Crippen molar-refractivity contribution in [2.45, 2.75) is 44.8 Å². The molecule has 0 N–H and O–H groups in total. The summed E-state index contributed by atoms with van der Waals surface area (Å²) in [5, 5.41) is 0.672. The van der Waals surface area contributed by atoms with Gasteiger partial charge in [0.25, 0.3) is 11.5 Å². The molecule has 7 nitrogen and oxygen atoms in total. The zero-order chi connectivity index (χ0) is 23.1. The van der Waals surface area contributed by atoms with Crippen molar-refractivity contribution in [1.29, 1.82) is 0 Å². The van der Waals surface area contributed by atoms with E-state index in [2.05, 4.69) is 18.8 Å². The van der Waals surface area contributed by atoms with E-state index >= 15 is 0 Å². The van der Waals surface area contributed by atoms with Crippen LogP contribution in [0.25, 0.3) is 5.69 Å². The molecule has 170 valence electrons. The Balaban J connectivity index is 1.34. The molecule has 8 heteroatoms. The molecular formula is C25H25ClN4O3. The number of amides is 1. The number of rotatable bonds is 3. The van der Waals surface area contributed by atoms with Gasteiger partial charge in [0.05, 0.1) is 12.0 Å². The first-order valence-corrected chi connectivity index (χ1v) is 11.6. The van der Waals surface area contributed by atoms with Crippen LogP contribution in [0.5, 0.6) is 5.75 Å². The summed E-state index contributed by atoms with van der Waals surface area (Å²) in [4.78, 5) is 32.7. The highest BCUT2D eigenvalue weighted by atomic mass is 35.5. The molecule has 33 heavy (non-hydrogen) atoms. The Labute approximate surface area is 196 Å². The maximum atomic E-state index is 13.5. The number of halogens is 1. The van der Waals surface area contributed by atoms with Gasteiger partial charge < -0.3 is 18.8 Å². The van der Waals surface area contributed by atoms with E-state index < -0.39 is 0 Å². The molecular weight excluding hydrogens is 440 g/mol. The van der Waals surface area contributed by atoms with Crippen molar-refractivity contribution >= 4 is 17.5 Å². The molecule has 4 heterocycles. The Morgan fingerprint density at radius 2 is 2.00 bits per heavy atom. The van der Waals surface area contributed by atoms with Crippen LogP contribution < -0.4 is 10.3 Å². The summed E-state index contributed by atoms with van der Waals surface area (Å²) >= 11 is 6.34. The number of carbonyl (C=O) groups excluding carboxylic acids is 1. The highest BCUT2D eigenvalue weighted by Crippen LogP contribution is 2.65. The Morgan fingerprint density at radius 1 is 1.18 bits per heavy atom. The summed E-state index contributed by atoms with van der Waals surface area (Å²) in [5.41, 5.74) is 2.18. The molecule has 6 rings (SSSR count). The van der Waals surface area contributed by atoms with Gasteiger partial charge in [0, 0.05) is 47.8 Å². The predicted octanol–water partition coefficient (Wildman–Crippen LogP) is 3.58. The lowest BCUT2D eigenvalue weighted by atomic mass is 9.83. The standard InChI is InChI=1S/C25H25ClN4O3/c1-15-12-29(14-27-15)18-5-6-19-22(31)28(8-9-30(19)23(18)32)13-25-11-21(25)24(2,3)33-20-7-4-16(26)10-17(20)25/h4-7,10,12,14,21H,8-9,11,13H2,1-3H3. The SMILES string of the molecule is Cc1cn(-c2ccc3n(c2=O)CCN(CC24CC2C(C)(C)Oc2ccc(Cl)cc24)C3=O)cn1. The number of ether oxygens (including phenoxy) is 1. The number of aryl methyl sites for hydroxylation is 1. The maximum Gasteiger partial charge on any atom is 0.275 e.